The molecule has 1 saturated heterocycles. The zero-order chi connectivity index (χ0) is 20.9. The summed E-state index contributed by atoms with van der Waals surface area (Å²) in [6.45, 7) is 3.12. The molecule has 2 heterocycles. The van der Waals surface area contributed by atoms with Gasteiger partial charge in [0.05, 0.1) is 7.11 Å². The van der Waals surface area contributed by atoms with Gasteiger partial charge >= 0.3 is 0 Å². The molecule has 156 valence electrons. The van der Waals surface area contributed by atoms with E-state index >= 15 is 0 Å². The third-order valence-electron chi connectivity index (χ3n) is 5.53. The Balaban J connectivity index is 1.34. The van der Waals surface area contributed by atoms with Crippen LogP contribution in [0.4, 0.5) is 0 Å². The normalized spacial score (nSPS) is 16.5. The molecule has 1 unspecified atom stereocenters. The van der Waals surface area contributed by atoms with Gasteiger partial charge in [-0.25, -0.2) is 0 Å². The van der Waals surface area contributed by atoms with Crippen molar-refractivity contribution in [3.05, 3.63) is 82.1 Å². The number of rotatable bonds is 7. The quantitative estimate of drug-likeness (QED) is 0.601. The van der Waals surface area contributed by atoms with E-state index in [1.165, 1.54) is 0 Å². The van der Waals surface area contributed by atoms with Crippen molar-refractivity contribution in [2.24, 2.45) is 0 Å². The number of benzene rings is 2. The molecule has 1 fully saturated rings. The van der Waals surface area contributed by atoms with Crippen molar-refractivity contribution in [2.45, 2.75) is 25.4 Å². The third kappa shape index (κ3) is 4.66. The van der Waals surface area contributed by atoms with E-state index in [1.807, 2.05) is 48.5 Å². The Morgan fingerprint density at radius 2 is 2.00 bits per heavy atom. The van der Waals surface area contributed by atoms with Gasteiger partial charge < -0.3 is 10.1 Å². The van der Waals surface area contributed by atoms with Crippen LogP contribution in [0.1, 0.15) is 39.6 Å². The Morgan fingerprint density at radius 3 is 2.80 bits per heavy atom. The summed E-state index contributed by atoms with van der Waals surface area (Å²) < 4.78 is 5.33. The Hall–Kier alpha value is -2.83. The number of carbonyl (C=O) groups is 1. The van der Waals surface area contributed by atoms with E-state index in [0.29, 0.717) is 18.2 Å². The van der Waals surface area contributed by atoms with Gasteiger partial charge in [-0.2, -0.15) is 5.10 Å². The summed E-state index contributed by atoms with van der Waals surface area (Å²) in [5.41, 5.74) is 3.47. The van der Waals surface area contributed by atoms with Crippen LogP contribution in [0.25, 0.3) is 0 Å². The maximum Gasteiger partial charge on any atom is 0.272 e. The number of amides is 1. The molecule has 1 aliphatic rings. The molecule has 2 N–H and O–H groups in total. The molecule has 6 nitrogen and oxygen atoms in total. The van der Waals surface area contributed by atoms with Gasteiger partial charge in [0, 0.05) is 41.8 Å². The van der Waals surface area contributed by atoms with Gasteiger partial charge in [0.25, 0.3) is 5.91 Å². The van der Waals surface area contributed by atoms with Crippen LogP contribution in [0, 0.1) is 0 Å². The Labute approximate surface area is 181 Å². The molecule has 4 rings (SSSR count). The van der Waals surface area contributed by atoms with E-state index in [2.05, 4.69) is 26.5 Å². The first-order valence-electron chi connectivity index (χ1n) is 10.0. The predicted octanol–water partition coefficient (Wildman–Crippen LogP) is 3.99. The fourth-order valence-electron chi connectivity index (χ4n) is 3.87. The minimum atomic E-state index is -0.200. The highest BCUT2D eigenvalue weighted by atomic mass is 35.5. The molecule has 1 aliphatic heterocycles. The lowest BCUT2D eigenvalue weighted by Crippen LogP contribution is -2.23. The molecule has 0 spiro atoms. The van der Waals surface area contributed by atoms with E-state index in [-0.39, 0.29) is 5.91 Å². The summed E-state index contributed by atoms with van der Waals surface area (Å²) >= 11 is 6.29. The first-order chi connectivity index (χ1) is 14.6. The number of carbonyl (C=O) groups excluding carboxylic acids is 1. The van der Waals surface area contributed by atoms with Crippen molar-refractivity contribution in [3.8, 4) is 5.75 Å². The monoisotopic (exact) mass is 424 g/mol. The number of aromatic nitrogens is 2. The van der Waals surface area contributed by atoms with Crippen molar-refractivity contribution in [1.29, 1.82) is 0 Å². The average Bonchev–Trinajstić information content (AvgIpc) is 3.43. The van der Waals surface area contributed by atoms with Gasteiger partial charge in [0.2, 0.25) is 0 Å². The zero-order valence-corrected chi connectivity index (χ0v) is 17.7. The Kier molecular flexibility index (Phi) is 6.35. The van der Waals surface area contributed by atoms with Crippen molar-refractivity contribution in [3.63, 3.8) is 0 Å². The maximum absolute atomic E-state index is 12.5. The molecule has 0 aliphatic carbocycles. The predicted molar refractivity (Wildman–Crippen MR) is 117 cm³/mol. The van der Waals surface area contributed by atoms with Gasteiger partial charge in [-0.15, -0.1) is 0 Å². The summed E-state index contributed by atoms with van der Waals surface area (Å²) in [6, 6.07) is 17.4. The third-order valence-corrected chi connectivity index (χ3v) is 5.89. The molecule has 3 aromatic rings. The van der Waals surface area contributed by atoms with Gasteiger partial charge in [0.15, 0.2) is 0 Å². The van der Waals surface area contributed by atoms with Crippen LogP contribution in [0.2, 0.25) is 5.02 Å². The second-order valence-corrected chi connectivity index (χ2v) is 7.92. The molecule has 30 heavy (non-hydrogen) atoms. The number of methoxy groups -OCH3 is 1. The molecule has 1 aromatic heterocycles. The smallest absolute Gasteiger partial charge is 0.272 e. The van der Waals surface area contributed by atoms with Crippen molar-refractivity contribution in [1.82, 2.24) is 20.4 Å². The first kappa shape index (κ1) is 20.4. The average molecular weight is 425 g/mol. The number of para-hydroxylation sites is 1. The Bertz CT molecular complexity index is 1020. The number of H-pyrrole nitrogens is 1. The molecule has 1 atom stereocenters. The number of likely N-dealkylation sites (tertiary alicyclic amines) is 1. The van der Waals surface area contributed by atoms with E-state index in [0.717, 1.165) is 53.6 Å². The highest BCUT2D eigenvalue weighted by Crippen LogP contribution is 2.28. The molecule has 0 radical (unpaired) electrons. The summed E-state index contributed by atoms with van der Waals surface area (Å²) in [4.78, 5) is 14.9. The van der Waals surface area contributed by atoms with Crippen LogP contribution >= 0.6 is 11.6 Å². The largest absolute Gasteiger partial charge is 0.496 e. The van der Waals surface area contributed by atoms with Gasteiger partial charge in [0.1, 0.15) is 11.4 Å². The van der Waals surface area contributed by atoms with Crippen LogP contribution in [-0.4, -0.2) is 41.2 Å². The summed E-state index contributed by atoms with van der Waals surface area (Å²) in [6.07, 6.45) is 1.02. The van der Waals surface area contributed by atoms with E-state index in [4.69, 9.17) is 16.3 Å². The summed E-state index contributed by atoms with van der Waals surface area (Å²) in [5, 5.41) is 11.0. The lowest BCUT2D eigenvalue weighted by Gasteiger charge is -2.16. The summed E-state index contributed by atoms with van der Waals surface area (Å²) in [7, 11) is 1.62. The molecule has 2 aromatic carbocycles. The first-order valence-corrected chi connectivity index (χ1v) is 10.4. The molecule has 0 saturated carbocycles. The SMILES string of the molecule is COc1ccccc1CNC(=O)c1cc(C2CCN(Cc3ccccc3Cl)C2)[nH]n1. The topological polar surface area (TPSA) is 70.2 Å². The van der Waals surface area contributed by atoms with Gasteiger partial charge in [-0.3, -0.25) is 14.8 Å². The van der Waals surface area contributed by atoms with Crippen LogP contribution in [0.3, 0.4) is 0 Å². The minimum Gasteiger partial charge on any atom is -0.496 e. The highest BCUT2D eigenvalue weighted by Gasteiger charge is 2.26. The van der Waals surface area contributed by atoms with Gasteiger partial charge in [-0.05, 0) is 36.7 Å². The fourth-order valence-corrected chi connectivity index (χ4v) is 4.07. The maximum atomic E-state index is 12.5. The van der Waals surface area contributed by atoms with Crippen LogP contribution in [0.5, 0.6) is 5.75 Å². The number of nitrogens with one attached hydrogen (secondary N) is 2. The van der Waals surface area contributed by atoms with E-state index in [1.54, 1.807) is 7.11 Å². The molecular formula is C23H25ClN4O2. The Morgan fingerprint density at radius 1 is 1.23 bits per heavy atom. The highest BCUT2D eigenvalue weighted by molar-refractivity contribution is 6.31. The number of hydrogen-bond donors (Lipinski definition) is 2. The second-order valence-electron chi connectivity index (χ2n) is 7.52. The molecular weight excluding hydrogens is 400 g/mol. The summed E-state index contributed by atoms with van der Waals surface area (Å²) in [5.74, 6) is 0.884. The van der Waals surface area contributed by atoms with E-state index in [9.17, 15) is 4.79 Å². The van der Waals surface area contributed by atoms with Crippen LogP contribution in [-0.2, 0) is 13.1 Å². The number of ether oxygens (including phenoxy) is 1. The minimum absolute atomic E-state index is 0.200. The number of nitrogens with zero attached hydrogens (tertiary/aromatic N) is 2. The molecule has 0 bridgehead atoms. The fraction of sp³-hybridized carbons (Fsp3) is 0.304. The molecule has 7 heteroatoms. The standard InChI is InChI=1S/C23H25ClN4O2/c1-30-22-9-5-3-6-16(22)13-25-23(29)21-12-20(26-27-21)18-10-11-28(15-18)14-17-7-2-4-8-19(17)24/h2-9,12,18H,10-11,13-15H2,1H3,(H,25,29)(H,26,27). The number of halogens is 1. The molecule has 1 amide bonds. The van der Waals surface area contributed by atoms with Crippen molar-refractivity contribution < 1.29 is 9.53 Å². The number of aromatic amines is 1. The van der Waals surface area contributed by atoms with Gasteiger partial charge in [-0.1, -0.05) is 48.0 Å². The van der Waals surface area contributed by atoms with Crippen molar-refractivity contribution in [2.75, 3.05) is 20.2 Å². The van der Waals surface area contributed by atoms with Crippen LogP contribution < -0.4 is 10.1 Å². The van der Waals surface area contributed by atoms with Crippen molar-refractivity contribution >= 4 is 17.5 Å². The van der Waals surface area contributed by atoms with E-state index < -0.39 is 0 Å². The number of hydrogen-bond acceptors (Lipinski definition) is 4. The zero-order valence-electron chi connectivity index (χ0n) is 16.9. The lowest BCUT2D eigenvalue weighted by atomic mass is 10.0. The lowest BCUT2D eigenvalue weighted by molar-refractivity contribution is 0.0945. The second kappa shape index (κ2) is 9.32. The van der Waals surface area contributed by atoms with Crippen LogP contribution in [0.15, 0.2) is 54.6 Å².